The minimum absolute atomic E-state index is 0.203. The molecule has 3 aliphatic rings. The van der Waals surface area contributed by atoms with Gasteiger partial charge in [-0.05, 0) is 25.5 Å². The van der Waals surface area contributed by atoms with Gasteiger partial charge in [-0.3, -0.25) is 4.79 Å². The maximum atomic E-state index is 12.1. The Morgan fingerprint density at radius 2 is 2.06 bits per heavy atom. The number of aliphatic hydroxyl groups is 1. The largest absolute Gasteiger partial charge is 0.383 e. The Labute approximate surface area is 105 Å². The zero-order valence-electron chi connectivity index (χ0n) is 10.2. The van der Waals surface area contributed by atoms with Crippen molar-refractivity contribution in [2.45, 2.75) is 25.9 Å². The monoisotopic (exact) mass is 240 g/mol. The fourth-order valence-electron chi connectivity index (χ4n) is 4.05. The summed E-state index contributed by atoms with van der Waals surface area (Å²) in [6, 6.07) is 4.09. The van der Waals surface area contributed by atoms with Crippen LogP contribution in [0.2, 0.25) is 0 Å². The van der Waals surface area contributed by atoms with E-state index in [0.717, 1.165) is 5.57 Å². The summed E-state index contributed by atoms with van der Waals surface area (Å²) in [5, 5.41) is 30.0. The molecule has 1 fully saturated rings. The molecule has 1 saturated carbocycles. The van der Waals surface area contributed by atoms with Crippen molar-refractivity contribution in [2.24, 2.45) is 16.2 Å². The van der Waals surface area contributed by atoms with Gasteiger partial charge in [-0.1, -0.05) is 18.6 Å². The molecule has 3 aliphatic carbocycles. The van der Waals surface area contributed by atoms with Crippen LogP contribution in [-0.2, 0) is 4.79 Å². The number of nitriles is 2. The Morgan fingerprint density at radius 1 is 1.39 bits per heavy atom. The third-order valence-electron chi connectivity index (χ3n) is 5.30. The third-order valence-corrected chi connectivity index (χ3v) is 5.30. The Morgan fingerprint density at radius 3 is 2.61 bits per heavy atom. The summed E-state index contributed by atoms with van der Waals surface area (Å²) in [6.45, 7) is 3.66. The van der Waals surface area contributed by atoms with E-state index in [2.05, 4.69) is 6.07 Å². The van der Waals surface area contributed by atoms with Gasteiger partial charge in [0.05, 0.1) is 12.1 Å². The fraction of sp³-hybridized carbons (Fsp3) is 0.500. The summed E-state index contributed by atoms with van der Waals surface area (Å²) in [5.74, 6) is -0.372. The summed E-state index contributed by atoms with van der Waals surface area (Å²) in [7, 11) is 0. The van der Waals surface area contributed by atoms with Crippen molar-refractivity contribution in [3.63, 3.8) is 0 Å². The smallest absolute Gasteiger partial charge is 0.177 e. The highest BCUT2D eigenvalue weighted by Crippen LogP contribution is 2.75. The van der Waals surface area contributed by atoms with Crippen molar-refractivity contribution in [3.8, 4) is 12.1 Å². The van der Waals surface area contributed by atoms with E-state index in [1.165, 1.54) is 12.2 Å². The van der Waals surface area contributed by atoms with Gasteiger partial charge < -0.3 is 5.11 Å². The third kappa shape index (κ3) is 0.669. The van der Waals surface area contributed by atoms with E-state index in [4.69, 9.17) is 0 Å². The molecule has 1 N–H and O–H groups in total. The minimum atomic E-state index is -1.46. The van der Waals surface area contributed by atoms with Gasteiger partial charge in [-0.15, -0.1) is 0 Å². The number of nitrogens with zero attached hydrogens (tertiary/aromatic N) is 2. The van der Waals surface area contributed by atoms with E-state index in [-0.39, 0.29) is 12.2 Å². The molecule has 0 aliphatic heterocycles. The molecule has 0 heterocycles. The molecule has 4 nitrogen and oxygen atoms in total. The van der Waals surface area contributed by atoms with Crippen LogP contribution in [0.3, 0.4) is 0 Å². The summed E-state index contributed by atoms with van der Waals surface area (Å²) in [6.07, 6.45) is 4.50. The average Bonchev–Trinajstić information content (AvgIpc) is 2.58. The van der Waals surface area contributed by atoms with Crippen molar-refractivity contribution in [3.05, 3.63) is 23.8 Å². The lowest BCUT2D eigenvalue weighted by Crippen LogP contribution is -2.54. The van der Waals surface area contributed by atoms with Gasteiger partial charge in [0.2, 0.25) is 0 Å². The van der Waals surface area contributed by atoms with Crippen LogP contribution in [0.15, 0.2) is 23.8 Å². The van der Waals surface area contributed by atoms with Crippen LogP contribution in [0, 0.1) is 38.9 Å². The van der Waals surface area contributed by atoms with E-state index in [9.17, 15) is 20.4 Å². The van der Waals surface area contributed by atoms with Crippen molar-refractivity contribution >= 4 is 5.78 Å². The Kier molecular flexibility index (Phi) is 1.60. The molecule has 4 bridgehead atoms. The lowest BCUT2D eigenvalue weighted by Gasteiger charge is -2.41. The molecule has 0 saturated heterocycles. The van der Waals surface area contributed by atoms with Gasteiger partial charge in [0.25, 0.3) is 0 Å². The van der Waals surface area contributed by atoms with Crippen LogP contribution in [0.1, 0.15) is 20.3 Å². The zero-order valence-corrected chi connectivity index (χ0v) is 10.2. The number of hydrogen-bond donors (Lipinski definition) is 1. The molecule has 0 aromatic heterocycles. The van der Waals surface area contributed by atoms with Gasteiger partial charge in [-0.25, -0.2) is 0 Å². The first-order valence-corrected chi connectivity index (χ1v) is 5.82. The molecule has 4 unspecified atom stereocenters. The molecule has 18 heavy (non-hydrogen) atoms. The van der Waals surface area contributed by atoms with Crippen molar-refractivity contribution in [2.75, 3.05) is 0 Å². The second-order valence-electron chi connectivity index (χ2n) is 5.74. The summed E-state index contributed by atoms with van der Waals surface area (Å²) in [5.41, 5.74) is -4.19. The van der Waals surface area contributed by atoms with E-state index >= 15 is 0 Å². The maximum Gasteiger partial charge on any atom is 0.177 e. The number of carbonyl (C=O) groups is 1. The van der Waals surface area contributed by atoms with Crippen LogP contribution in [0.4, 0.5) is 0 Å². The fourth-order valence-corrected chi connectivity index (χ4v) is 4.05. The first kappa shape index (κ1) is 11.2. The zero-order chi connectivity index (χ0) is 13.4. The normalized spacial score (nSPS) is 51.8. The summed E-state index contributed by atoms with van der Waals surface area (Å²) < 4.78 is 0. The number of allylic oxidation sites excluding steroid dienone is 1. The second-order valence-corrected chi connectivity index (χ2v) is 5.74. The molecular weight excluding hydrogens is 228 g/mol. The van der Waals surface area contributed by atoms with Gasteiger partial charge >= 0.3 is 0 Å². The van der Waals surface area contributed by atoms with Gasteiger partial charge in [0.15, 0.2) is 5.78 Å². The van der Waals surface area contributed by atoms with Gasteiger partial charge in [0.1, 0.15) is 16.4 Å². The first-order valence-electron chi connectivity index (χ1n) is 5.82. The van der Waals surface area contributed by atoms with Crippen LogP contribution in [-0.4, -0.2) is 16.5 Å². The SMILES string of the molecule is CC1=CC2(C#N)C3(C#N)CC1(C)C2(O)C=CC3=O. The molecule has 0 aromatic carbocycles. The molecule has 4 heteroatoms. The van der Waals surface area contributed by atoms with Crippen LogP contribution in [0.25, 0.3) is 0 Å². The molecule has 0 radical (unpaired) electrons. The highest BCUT2D eigenvalue weighted by molar-refractivity contribution is 6.02. The van der Waals surface area contributed by atoms with Crippen molar-refractivity contribution in [1.82, 2.24) is 0 Å². The van der Waals surface area contributed by atoms with E-state index in [0.29, 0.717) is 0 Å². The molecule has 0 spiro atoms. The predicted octanol–water partition coefficient (Wildman–Crippen LogP) is 1.25. The molecule has 3 rings (SSSR count). The molecule has 0 aromatic rings. The van der Waals surface area contributed by atoms with Gasteiger partial charge in [-0.2, -0.15) is 10.5 Å². The maximum absolute atomic E-state index is 12.1. The van der Waals surface area contributed by atoms with Crippen LogP contribution >= 0.6 is 0 Å². The van der Waals surface area contributed by atoms with Crippen molar-refractivity contribution in [1.29, 1.82) is 10.5 Å². The van der Waals surface area contributed by atoms with Crippen molar-refractivity contribution < 1.29 is 9.90 Å². The number of rotatable bonds is 0. The standard InChI is InChI=1S/C14H12N2O2/c1-9-5-13(8-16)12(7-15)6-11(9,2)14(13,18)4-3-10(12)17/h3-5,18H,6H2,1-2H3. The first-order chi connectivity index (χ1) is 8.33. The average molecular weight is 240 g/mol. The topological polar surface area (TPSA) is 84.9 Å². The van der Waals surface area contributed by atoms with E-state index in [1.807, 2.05) is 19.9 Å². The van der Waals surface area contributed by atoms with Crippen LogP contribution < -0.4 is 0 Å². The predicted molar refractivity (Wildman–Crippen MR) is 61.7 cm³/mol. The second kappa shape index (κ2) is 2.58. The Bertz CT molecular complexity index is 635. The molecule has 0 amide bonds. The van der Waals surface area contributed by atoms with Crippen LogP contribution in [0.5, 0.6) is 0 Å². The lowest BCUT2D eigenvalue weighted by atomic mass is 9.58. The minimum Gasteiger partial charge on any atom is -0.383 e. The summed E-state index contributed by atoms with van der Waals surface area (Å²) in [4.78, 5) is 12.1. The molecule has 90 valence electrons. The lowest BCUT2D eigenvalue weighted by molar-refractivity contribution is -0.127. The Hall–Kier alpha value is -1.91. The van der Waals surface area contributed by atoms with E-state index < -0.39 is 21.8 Å². The molecule has 4 atom stereocenters. The van der Waals surface area contributed by atoms with E-state index in [1.54, 1.807) is 6.08 Å². The number of hydrogen-bond acceptors (Lipinski definition) is 4. The number of ketones is 1. The molecular formula is C14H12N2O2. The quantitative estimate of drug-likeness (QED) is 0.646. The number of carbonyl (C=O) groups excluding carboxylic acids is 1. The highest BCUT2D eigenvalue weighted by Gasteiger charge is 2.82. The summed E-state index contributed by atoms with van der Waals surface area (Å²) >= 11 is 0. The highest BCUT2D eigenvalue weighted by atomic mass is 16.3. The Balaban J connectivity index is 2.49. The van der Waals surface area contributed by atoms with Gasteiger partial charge in [0, 0.05) is 5.41 Å².